The lowest BCUT2D eigenvalue weighted by atomic mass is 10.3. The number of urea groups is 1. The van der Waals surface area contributed by atoms with Crippen LogP contribution in [-0.4, -0.2) is 46.4 Å². The van der Waals surface area contributed by atoms with Gasteiger partial charge in [-0.2, -0.15) is 0 Å². The van der Waals surface area contributed by atoms with Crippen molar-refractivity contribution in [3.63, 3.8) is 0 Å². The van der Waals surface area contributed by atoms with Crippen LogP contribution in [0.3, 0.4) is 0 Å². The van der Waals surface area contributed by atoms with Gasteiger partial charge in [0, 0.05) is 24.8 Å². The Bertz CT molecular complexity index is 1020. The van der Waals surface area contributed by atoms with Crippen LogP contribution < -0.4 is 10.2 Å². The van der Waals surface area contributed by atoms with Crippen molar-refractivity contribution >= 4 is 28.7 Å². The third kappa shape index (κ3) is 3.51. The first-order valence-corrected chi connectivity index (χ1v) is 8.73. The van der Waals surface area contributed by atoms with Crippen LogP contribution in [0.15, 0.2) is 42.5 Å². The van der Waals surface area contributed by atoms with E-state index in [2.05, 4.69) is 15.3 Å². The molecule has 0 spiro atoms. The van der Waals surface area contributed by atoms with Gasteiger partial charge < -0.3 is 15.2 Å². The van der Waals surface area contributed by atoms with Crippen molar-refractivity contribution in [2.75, 3.05) is 24.5 Å². The van der Waals surface area contributed by atoms with E-state index in [0.717, 1.165) is 23.2 Å². The lowest BCUT2D eigenvalue weighted by Gasteiger charge is -2.18. The van der Waals surface area contributed by atoms with Crippen LogP contribution in [0.25, 0.3) is 11.0 Å². The molecular formula is C19H17F2N5O2. The zero-order valence-corrected chi connectivity index (χ0v) is 14.8. The SMILES string of the molecule is O=C(CN1CCN(c2ccc(F)c(F)c2)C1=O)NCc1nc2ccccc2[nH]1. The van der Waals surface area contributed by atoms with Crippen molar-refractivity contribution in [3.05, 3.63) is 59.9 Å². The minimum absolute atomic E-state index is 0.126. The second kappa shape index (κ2) is 7.26. The molecule has 28 heavy (non-hydrogen) atoms. The molecule has 1 aromatic heterocycles. The Kier molecular flexibility index (Phi) is 4.64. The summed E-state index contributed by atoms with van der Waals surface area (Å²) in [5, 5.41) is 2.72. The molecule has 2 heterocycles. The number of carbonyl (C=O) groups excluding carboxylic acids is 2. The summed E-state index contributed by atoms with van der Waals surface area (Å²) < 4.78 is 26.5. The number of halogens is 2. The first-order chi connectivity index (χ1) is 13.5. The highest BCUT2D eigenvalue weighted by atomic mass is 19.2. The number of benzene rings is 2. The zero-order valence-electron chi connectivity index (χ0n) is 14.8. The highest BCUT2D eigenvalue weighted by Crippen LogP contribution is 2.22. The van der Waals surface area contributed by atoms with Gasteiger partial charge in [0.1, 0.15) is 12.4 Å². The second-order valence-corrected chi connectivity index (χ2v) is 6.43. The maximum Gasteiger partial charge on any atom is 0.325 e. The summed E-state index contributed by atoms with van der Waals surface area (Å²) in [5.74, 6) is -1.71. The minimum atomic E-state index is -1.02. The molecule has 1 saturated heterocycles. The van der Waals surface area contributed by atoms with Gasteiger partial charge in [-0.15, -0.1) is 0 Å². The molecule has 9 heteroatoms. The number of nitrogens with one attached hydrogen (secondary N) is 2. The highest BCUT2D eigenvalue weighted by Gasteiger charge is 2.31. The molecule has 0 unspecified atom stereocenters. The van der Waals surface area contributed by atoms with Crippen LogP contribution in [0.4, 0.5) is 19.3 Å². The molecule has 7 nitrogen and oxygen atoms in total. The number of para-hydroxylation sites is 2. The Labute approximate surface area is 159 Å². The molecule has 1 aliphatic rings. The van der Waals surface area contributed by atoms with Crippen molar-refractivity contribution in [1.82, 2.24) is 20.2 Å². The third-order valence-electron chi connectivity index (χ3n) is 4.54. The quantitative estimate of drug-likeness (QED) is 0.708. The van der Waals surface area contributed by atoms with E-state index in [-0.39, 0.29) is 24.7 Å². The normalized spacial score (nSPS) is 14.1. The molecule has 144 valence electrons. The van der Waals surface area contributed by atoms with Gasteiger partial charge in [-0.3, -0.25) is 9.69 Å². The van der Waals surface area contributed by atoms with E-state index in [0.29, 0.717) is 18.9 Å². The van der Waals surface area contributed by atoms with Crippen molar-refractivity contribution in [1.29, 1.82) is 0 Å². The van der Waals surface area contributed by atoms with Crippen molar-refractivity contribution < 1.29 is 18.4 Å². The number of amides is 3. The number of fused-ring (bicyclic) bond motifs is 1. The number of anilines is 1. The number of hydrogen-bond donors (Lipinski definition) is 2. The molecule has 0 saturated carbocycles. The Morgan fingerprint density at radius 2 is 1.96 bits per heavy atom. The van der Waals surface area contributed by atoms with Gasteiger partial charge >= 0.3 is 6.03 Å². The number of rotatable bonds is 5. The summed E-state index contributed by atoms with van der Waals surface area (Å²) in [5.41, 5.74) is 1.95. The van der Waals surface area contributed by atoms with Crippen LogP contribution >= 0.6 is 0 Å². The average Bonchev–Trinajstić information content (AvgIpc) is 3.26. The van der Waals surface area contributed by atoms with E-state index < -0.39 is 17.7 Å². The molecule has 2 aromatic carbocycles. The van der Waals surface area contributed by atoms with Gasteiger partial charge in [0.2, 0.25) is 5.91 Å². The molecule has 3 amide bonds. The topological polar surface area (TPSA) is 81.3 Å². The monoisotopic (exact) mass is 385 g/mol. The third-order valence-corrected chi connectivity index (χ3v) is 4.54. The Balaban J connectivity index is 1.34. The summed E-state index contributed by atoms with van der Waals surface area (Å²) in [6.45, 7) is 0.693. The van der Waals surface area contributed by atoms with Gasteiger partial charge in [-0.1, -0.05) is 12.1 Å². The van der Waals surface area contributed by atoms with E-state index >= 15 is 0 Å². The predicted octanol–water partition coefficient (Wildman–Crippen LogP) is 2.40. The predicted molar refractivity (Wildman–Crippen MR) is 98.6 cm³/mol. The van der Waals surface area contributed by atoms with E-state index in [1.165, 1.54) is 15.9 Å². The van der Waals surface area contributed by atoms with Crippen LogP contribution in [0.1, 0.15) is 5.82 Å². The van der Waals surface area contributed by atoms with Crippen LogP contribution in [0.5, 0.6) is 0 Å². The number of imidazole rings is 1. The van der Waals surface area contributed by atoms with Gasteiger partial charge in [0.05, 0.1) is 17.6 Å². The summed E-state index contributed by atoms with van der Waals surface area (Å²) in [7, 11) is 0. The van der Waals surface area contributed by atoms with Crippen molar-refractivity contribution in [2.24, 2.45) is 0 Å². The van der Waals surface area contributed by atoms with Gasteiger partial charge in [-0.05, 0) is 24.3 Å². The molecular weight excluding hydrogens is 368 g/mol. The molecule has 0 aliphatic carbocycles. The maximum atomic E-state index is 13.4. The number of aromatic amines is 1. The van der Waals surface area contributed by atoms with Crippen molar-refractivity contribution in [3.8, 4) is 0 Å². The minimum Gasteiger partial charge on any atom is -0.347 e. The Morgan fingerprint density at radius 3 is 2.75 bits per heavy atom. The smallest absolute Gasteiger partial charge is 0.325 e. The second-order valence-electron chi connectivity index (χ2n) is 6.43. The van der Waals surface area contributed by atoms with Gasteiger partial charge in [-0.25, -0.2) is 18.6 Å². The van der Waals surface area contributed by atoms with E-state index in [1.807, 2.05) is 24.3 Å². The molecule has 0 radical (unpaired) electrons. The zero-order chi connectivity index (χ0) is 19.7. The molecule has 4 rings (SSSR count). The number of nitrogens with zero attached hydrogens (tertiary/aromatic N) is 3. The lowest BCUT2D eigenvalue weighted by molar-refractivity contribution is -0.121. The standard InChI is InChI=1S/C19H17F2N5O2/c20-13-6-5-12(9-14(13)21)26-8-7-25(19(26)28)11-18(27)22-10-17-23-15-3-1-2-4-16(15)24-17/h1-6,9H,7-8,10-11H2,(H,22,27)(H,23,24). The maximum absolute atomic E-state index is 13.4. The fourth-order valence-corrected chi connectivity index (χ4v) is 3.12. The summed E-state index contributed by atoms with van der Waals surface area (Å²) in [4.78, 5) is 34.8. The van der Waals surface area contributed by atoms with Crippen LogP contribution in [-0.2, 0) is 11.3 Å². The highest BCUT2D eigenvalue weighted by molar-refractivity contribution is 5.96. The molecule has 0 bridgehead atoms. The fourth-order valence-electron chi connectivity index (χ4n) is 3.12. The largest absolute Gasteiger partial charge is 0.347 e. The van der Waals surface area contributed by atoms with E-state index in [4.69, 9.17) is 0 Å². The van der Waals surface area contributed by atoms with E-state index in [9.17, 15) is 18.4 Å². The molecule has 3 aromatic rings. The Morgan fingerprint density at radius 1 is 1.14 bits per heavy atom. The number of hydrogen-bond acceptors (Lipinski definition) is 3. The van der Waals surface area contributed by atoms with Crippen LogP contribution in [0, 0.1) is 11.6 Å². The first kappa shape index (κ1) is 17.9. The summed E-state index contributed by atoms with van der Waals surface area (Å²) >= 11 is 0. The molecule has 0 atom stereocenters. The fraction of sp³-hybridized carbons (Fsp3) is 0.211. The molecule has 2 N–H and O–H groups in total. The first-order valence-electron chi connectivity index (χ1n) is 8.73. The lowest BCUT2D eigenvalue weighted by Crippen LogP contribution is -2.39. The van der Waals surface area contributed by atoms with Crippen molar-refractivity contribution in [2.45, 2.75) is 6.54 Å². The number of carbonyl (C=O) groups is 2. The van der Waals surface area contributed by atoms with Crippen LogP contribution in [0.2, 0.25) is 0 Å². The average molecular weight is 385 g/mol. The summed E-state index contributed by atoms with van der Waals surface area (Å²) in [6.07, 6.45) is 0. The summed E-state index contributed by atoms with van der Waals surface area (Å²) in [6, 6.07) is 10.4. The van der Waals surface area contributed by atoms with Gasteiger partial charge in [0.15, 0.2) is 11.6 Å². The molecule has 1 aliphatic heterocycles. The van der Waals surface area contributed by atoms with E-state index in [1.54, 1.807) is 0 Å². The molecule has 1 fully saturated rings. The number of H-pyrrole nitrogens is 1. The number of aromatic nitrogens is 2. The Hall–Kier alpha value is -3.49. The van der Waals surface area contributed by atoms with Gasteiger partial charge in [0.25, 0.3) is 0 Å².